The largest absolute Gasteiger partial charge is 0.380 e. The van der Waals surface area contributed by atoms with Gasteiger partial charge in [-0.2, -0.15) is 0 Å². The molecule has 0 spiro atoms. The molecule has 108 valence electrons. The lowest BCUT2D eigenvalue weighted by molar-refractivity contribution is -0.154. The molecule has 3 aliphatic heterocycles. The van der Waals surface area contributed by atoms with Crippen molar-refractivity contribution in [2.45, 2.75) is 13.3 Å². The second-order valence-electron chi connectivity index (χ2n) is 6.05. The smallest absolute Gasteiger partial charge is 0.232 e. The SMILES string of the molecule is CCN1CCN(C(=O)[C@]23CNC[C@H]2CCOC3)CC1. The van der Waals surface area contributed by atoms with Crippen molar-refractivity contribution in [3.8, 4) is 0 Å². The van der Waals surface area contributed by atoms with E-state index in [-0.39, 0.29) is 5.41 Å². The molecule has 19 heavy (non-hydrogen) atoms. The maximum atomic E-state index is 12.9. The van der Waals surface area contributed by atoms with E-state index < -0.39 is 0 Å². The third kappa shape index (κ3) is 2.28. The first kappa shape index (κ1) is 13.3. The molecule has 0 radical (unpaired) electrons. The van der Waals surface area contributed by atoms with Gasteiger partial charge in [0.2, 0.25) is 5.91 Å². The van der Waals surface area contributed by atoms with E-state index >= 15 is 0 Å². The summed E-state index contributed by atoms with van der Waals surface area (Å²) in [4.78, 5) is 17.4. The predicted molar refractivity (Wildman–Crippen MR) is 72.9 cm³/mol. The summed E-state index contributed by atoms with van der Waals surface area (Å²) in [6, 6.07) is 0. The van der Waals surface area contributed by atoms with Gasteiger partial charge in [0.1, 0.15) is 0 Å². The highest BCUT2D eigenvalue weighted by Gasteiger charge is 2.52. The molecule has 3 saturated heterocycles. The highest BCUT2D eigenvalue weighted by atomic mass is 16.5. The summed E-state index contributed by atoms with van der Waals surface area (Å²) in [5, 5.41) is 3.41. The molecule has 0 aliphatic carbocycles. The van der Waals surface area contributed by atoms with Crippen molar-refractivity contribution in [1.29, 1.82) is 0 Å². The van der Waals surface area contributed by atoms with Gasteiger partial charge in [-0.3, -0.25) is 4.79 Å². The molecule has 5 heteroatoms. The van der Waals surface area contributed by atoms with E-state index in [1.165, 1.54) is 0 Å². The standard InChI is InChI=1S/C14H25N3O2/c1-2-16-4-6-17(7-5-16)13(18)14-10-15-9-12(14)3-8-19-11-14/h12,15H,2-11H2,1H3/t12-,14+/m1/s1. The fourth-order valence-corrected chi connectivity index (χ4v) is 3.73. The minimum absolute atomic E-state index is 0.271. The summed E-state index contributed by atoms with van der Waals surface area (Å²) in [6.45, 7) is 10.2. The van der Waals surface area contributed by atoms with Crippen LogP contribution in [0.5, 0.6) is 0 Å². The Bertz CT molecular complexity index is 342. The predicted octanol–water partition coefficient (Wildman–Crippen LogP) is -0.223. The summed E-state index contributed by atoms with van der Waals surface area (Å²) < 4.78 is 5.64. The minimum Gasteiger partial charge on any atom is -0.380 e. The number of nitrogens with one attached hydrogen (secondary N) is 1. The number of carbonyl (C=O) groups excluding carboxylic acids is 1. The lowest BCUT2D eigenvalue weighted by Crippen LogP contribution is -2.57. The number of ether oxygens (including phenoxy) is 1. The molecule has 1 amide bonds. The van der Waals surface area contributed by atoms with Gasteiger partial charge in [0.15, 0.2) is 0 Å². The highest BCUT2D eigenvalue weighted by Crippen LogP contribution is 2.39. The number of piperazine rings is 1. The Morgan fingerprint density at radius 1 is 1.37 bits per heavy atom. The first-order valence-corrected chi connectivity index (χ1v) is 7.56. The molecule has 3 fully saturated rings. The fraction of sp³-hybridized carbons (Fsp3) is 0.929. The molecule has 2 atom stereocenters. The average Bonchev–Trinajstić information content (AvgIpc) is 2.91. The normalized spacial score (nSPS) is 36.3. The van der Waals surface area contributed by atoms with Gasteiger partial charge in [-0.1, -0.05) is 6.92 Å². The summed E-state index contributed by atoms with van der Waals surface area (Å²) in [6.07, 6.45) is 1.02. The quantitative estimate of drug-likeness (QED) is 0.751. The molecule has 0 saturated carbocycles. The van der Waals surface area contributed by atoms with Crippen LogP contribution in [0, 0.1) is 11.3 Å². The molecule has 0 unspecified atom stereocenters. The van der Waals surface area contributed by atoms with Crippen LogP contribution in [0.15, 0.2) is 0 Å². The van der Waals surface area contributed by atoms with Crippen LogP contribution in [0.25, 0.3) is 0 Å². The van der Waals surface area contributed by atoms with Gasteiger partial charge < -0.3 is 19.9 Å². The zero-order valence-electron chi connectivity index (χ0n) is 11.9. The van der Waals surface area contributed by atoms with E-state index in [0.717, 1.165) is 58.8 Å². The van der Waals surface area contributed by atoms with Crippen molar-refractivity contribution in [2.75, 3.05) is 59.0 Å². The topological polar surface area (TPSA) is 44.8 Å². The first-order chi connectivity index (χ1) is 9.26. The fourth-order valence-electron chi connectivity index (χ4n) is 3.73. The Morgan fingerprint density at radius 3 is 2.89 bits per heavy atom. The molecular formula is C14H25N3O2. The zero-order chi connectivity index (χ0) is 13.3. The lowest BCUT2D eigenvalue weighted by atomic mass is 9.74. The van der Waals surface area contributed by atoms with Crippen LogP contribution in [-0.4, -0.2) is 74.7 Å². The van der Waals surface area contributed by atoms with E-state index in [1.54, 1.807) is 0 Å². The Balaban J connectivity index is 1.69. The van der Waals surface area contributed by atoms with Crippen LogP contribution in [0.1, 0.15) is 13.3 Å². The molecule has 3 rings (SSSR count). The highest BCUT2D eigenvalue weighted by molar-refractivity contribution is 5.84. The van der Waals surface area contributed by atoms with Crippen molar-refractivity contribution >= 4 is 5.91 Å². The molecule has 5 nitrogen and oxygen atoms in total. The van der Waals surface area contributed by atoms with Crippen molar-refractivity contribution in [3.63, 3.8) is 0 Å². The van der Waals surface area contributed by atoms with E-state index in [0.29, 0.717) is 18.4 Å². The van der Waals surface area contributed by atoms with Crippen molar-refractivity contribution in [1.82, 2.24) is 15.1 Å². The van der Waals surface area contributed by atoms with Crippen molar-refractivity contribution in [2.24, 2.45) is 11.3 Å². The molecule has 3 aliphatic rings. The second kappa shape index (κ2) is 5.38. The Labute approximate surface area is 115 Å². The number of nitrogens with zero attached hydrogens (tertiary/aromatic N) is 2. The van der Waals surface area contributed by atoms with Crippen LogP contribution < -0.4 is 5.32 Å². The summed E-state index contributed by atoms with van der Waals surface area (Å²) in [5.41, 5.74) is -0.271. The summed E-state index contributed by atoms with van der Waals surface area (Å²) in [7, 11) is 0. The monoisotopic (exact) mass is 267 g/mol. The number of hydrogen-bond acceptors (Lipinski definition) is 4. The third-order valence-corrected chi connectivity index (χ3v) is 5.12. The van der Waals surface area contributed by atoms with Gasteiger partial charge >= 0.3 is 0 Å². The maximum absolute atomic E-state index is 12.9. The number of fused-ring (bicyclic) bond motifs is 1. The average molecular weight is 267 g/mol. The minimum atomic E-state index is -0.271. The number of likely N-dealkylation sites (N-methyl/N-ethyl adjacent to an activating group) is 1. The Morgan fingerprint density at radius 2 is 2.16 bits per heavy atom. The van der Waals surface area contributed by atoms with Gasteiger partial charge in [-0.05, 0) is 25.4 Å². The van der Waals surface area contributed by atoms with Gasteiger partial charge in [-0.15, -0.1) is 0 Å². The van der Waals surface area contributed by atoms with Gasteiger partial charge in [0, 0.05) is 39.3 Å². The van der Waals surface area contributed by atoms with Gasteiger partial charge in [0.25, 0.3) is 0 Å². The number of amides is 1. The third-order valence-electron chi connectivity index (χ3n) is 5.12. The van der Waals surface area contributed by atoms with Gasteiger partial charge in [0.05, 0.1) is 12.0 Å². The maximum Gasteiger partial charge on any atom is 0.232 e. The molecule has 0 bridgehead atoms. The van der Waals surface area contributed by atoms with Crippen LogP contribution >= 0.6 is 0 Å². The molecule has 0 aromatic heterocycles. The Kier molecular flexibility index (Phi) is 3.78. The van der Waals surface area contributed by atoms with Crippen LogP contribution in [0.2, 0.25) is 0 Å². The van der Waals surface area contributed by atoms with E-state index in [9.17, 15) is 4.79 Å². The number of rotatable bonds is 2. The van der Waals surface area contributed by atoms with Crippen LogP contribution in [0.3, 0.4) is 0 Å². The second-order valence-corrected chi connectivity index (χ2v) is 6.05. The molecule has 3 heterocycles. The molecule has 0 aromatic rings. The first-order valence-electron chi connectivity index (χ1n) is 7.56. The zero-order valence-corrected chi connectivity index (χ0v) is 11.9. The molecular weight excluding hydrogens is 242 g/mol. The van der Waals surface area contributed by atoms with E-state index in [2.05, 4.69) is 22.0 Å². The van der Waals surface area contributed by atoms with Crippen LogP contribution in [0.4, 0.5) is 0 Å². The van der Waals surface area contributed by atoms with E-state index in [1.807, 2.05) is 0 Å². The molecule has 0 aromatic carbocycles. The number of hydrogen-bond donors (Lipinski definition) is 1. The van der Waals surface area contributed by atoms with Crippen molar-refractivity contribution in [3.05, 3.63) is 0 Å². The summed E-state index contributed by atoms with van der Waals surface area (Å²) >= 11 is 0. The van der Waals surface area contributed by atoms with E-state index in [4.69, 9.17) is 4.74 Å². The summed E-state index contributed by atoms with van der Waals surface area (Å²) in [5.74, 6) is 0.802. The van der Waals surface area contributed by atoms with Crippen molar-refractivity contribution < 1.29 is 9.53 Å². The Hall–Kier alpha value is -0.650. The lowest BCUT2D eigenvalue weighted by Gasteiger charge is -2.43. The molecule has 1 N–H and O–H groups in total. The van der Waals surface area contributed by atoms with Crippen LogP contribution in [-0.2, 0) is 9.53 Å². The number of carbonyl (C=O) groups is 1. The van der Waals surface area contributed by atoms with Gasteiger partial charge in [-0.25, -0.2) is 0 Å².